The lowest BCUT2D eigenvalue weighted by molar-refractivity contribution is 0.173. The summed E-state index contributed by atoms with van der Waals surface area (Å²) in [6, 6.07) is 0. The molecule has 2 saturated carbocycles. The van der Waals surface area contributed by atoms with Gasteiger partial charge in [0.25, 0.3) is 0 Å². The maximum atomic E-state index is 2.43. The van der Waals surface area contributed by atoms with Crippen molar-refractivity contribution >= 4 is 0 Å². The van der Waals surface area contributed by atoms with Crippen molar-refractivity contribution in [3.05, 3.63) is 0 Å². The van der Waals surface area contributed by atoms with Crippen molar-refractivity contribution < 1.29 is 0 Å². The van der Waals surface area contributed by atoms with E-state index in [-0.39, 0.29) is 0 Å². The van der Waals surface area contributed by atoms with Crippen molar-refractivity contribution in [3.8, 4) is 0 Å². The molecule has 0 radical (unpaired) electrons. The monoisotopic (exact) mass is 180 g/mol. The zero-order chi connectivity index (χ0) is 9.10. The standard InChI is InChI=1S/C13H24/c1-11-7-9-13(10-8-11)12-5-3-2-4-6-12/h11-13H,2-10H2,1H3. The van der Waals surface area contributed by atoms with Gasteiger partial charge >= 0.3 is 0 Å². The van der Waals surface area contributed by atoms with Gasteiger partial charge in [0.05, 0.1) is 0 Å². The summed E-state index contributed by atoms with van der Waals surface area (Å²) >= 11 is 0. The second-order valence-electron chi connectivity index (χ2n) is 5.42. The van der Waals surface area contributed by atoms with Gasteiger partial charge < -0.3 is 0 Å². The lowest BCUT2D eigenvalue weighted by Gasteiger charge is -2.34. The largest absolute Gasteiger partial charge is 0.0625 e. The average Bonchev–Trinajstić information content (AvgIpc) is 2.20. The molecule has 0 spiro atoms. The summed E-state index contributed by atoms with van der Waals surface area (Å²) in [5.41, 5.74) is 0. The Morgan fingerprint density at radius 1 is 0.615 bits per heavy atom. The van der Waals surface area contributed by atoms with Gasteiger partial charge in [0.1, 0.15) is 0 Å². The highest BCUT2D eigenvalue weighted by atomic mass is 14.3. The average molecular weight is 180 g/mol. The molecule has 0 unspecified atom stereocenters. The molecular formula is C13H24. The summed E-state index contributed by atoms with van der Waals surface area (Å²) in [6.45, 7) is 2.43. The third-order valence-corrected chi connectivity index (χ3v) is 4.38. The smallest absolute Gasteiger partial charge is 0.0386 e. The lowest BCUT2D eigenvalue weighted by atomic mass is 9.71. The van der Waals surface area contributed by atoms with Gasteiger partial charge in [-0.25, -0.2) is 0 Å². The third-order valence-electron chi connectivity index (χ3n) is 4.38. The molecule has 2 aliphatic rings. The Labute approximate surface area is 83.1 Å². The zero-order valence-electron chi connectivity index (χ0n) is 9.10. The van der Waals surface area contributed by atoms with E-state index in [4.69, 9.17) is 0 Å². The molecule has 2 aliphatic carbocycles. The van der Waals surface area contributed by atoms with E-state index >= 15 is 0 Å². The molecule has 0 amide bonds. The Morgan fingerprint density at radius 3 is 1.77 bits per heavy atom. The fraction of sp³-hybridized carbons (Fsp3) is 1.00. The summed E-state index contributed by atoms with van der Waals surface area (Å²) in [5, 5.41) is 0. The van der Waals surface area contributed by atoms with E-state index < -0.39 is 0 Å². The van der Waals surface area contributed by atoms with E-state index in [2.05, 4.69) is 6.92 Å². The van der Waals surface area contributed by atoms with Crippen molar-refractivity contribution in [2.75, 3.05) is 0 Å². The predicted molar refractivity (Wildman–Crippen MR) is 57.7 cm³/mol. The highest BCUT2D eigenvalue weighted by Crippen LogP contribution is 2.39. The molecule has 0 aromatic rings. The van der Waals surface area contributed by atoms with Crippen LogP contribution < -0.4 is 0 Å². The van der Waals surface area contributed by atoms with Crippen molar-refractivity contribution in [3.63, 3.8) is 0 Å². The fourth-order valence-electron chi connectivity index (χ4n) is 3.36. The molecule has 13 heavy (non-hydrogen) atoms. The molecule has 0 aliphatic heterocycles. The molecule has 0 heteroatoms. The first-order valence-corrected chi connectivity index (χ1v) is 6.36. The molecule has 0 aromatic carbocycles. The molecule has 0 nitrogen and oxygen atoms in total. The van der Waals surface area contributed by atoms with Crippen LogP contribution in [0, 0.1) is 17.8 Å². The first-order chi connectivity index (χ1) is 6.36. The highest BCUT2D eigenvalue weighted by molar-refractivity contribution is 4.78. The SMILES string of the molecule is CC1CCC(C2CCCCC2)CC1. The van der Waals surface area contributed by atoms with Crippen molar-refractivity contribution in [1.82, 2.24) is 0 Å². The minimum atomic E-state index is 1.03. The first kappa shape index (κ1) is 9.55. The molecular weight excluding hydrogens is 156 g/mol. The van der Waals surface area contributed by atoms with E-state index in [1.807, 2.05) is 0 Å². The summed E-state index contributed by atoms with van der Waals surface area (Å²) in [4.78, 5) is 0. The predicted octanol–water partition coefficient (Wildman–Crippen LogP) is 4.39. The van der Waals surface area contributed by atoms with Crippen molar-refractivity contribution in [2.24, 2.45) is 17.8 Å². The van der Waals surface area contributed by atoms with Gasteiger partial charge in [0.15, 0.2) is 0 Å². The molecule has 0 saturated heterocycles. The van der Waals surface area contributed by atoms with Gasteiger partial charge in [-0.05, 0) is 30.6 Å². The number of hydrogen-bond donors (Lipinski definition) is 0. The van der Waals surface area contributed by atoms with E-state index in [1.165, 1.54) is 32.1 Å². The summed E-state index contributed by atoms with van der Waals surface area (Å²) in [7, 11) is 0. The molecule has 0 bridgehead atoms. The van der Waals surface area contributed by atoms with E-state index in [0.717, 1.165) is 17.8 Å². The van der Waals surface area contributed by atoms with E-state index in [0.29, 0.717) is 0 Å². The fourth-order valence-corrected chi connectivity index (χ4v) is 3.36. The van der Waals surface area contributed by atoms with Gasteiger partial charge in [-0.15, -0.1) is 0 Å². The van der Waals surface area contributed by atoms with Crippen LogP contribution in [-0.4, -0.2) is 0 Å². The van der Waals surface area contributed by atoms with Crippen LogP contribution in [0.2, 0.25) is 0 Å². The molecule has 0 aromatic heterocycles. The second kappa shape index (κ2) is 4.48. The van der Waals surface area contributed by atoms with Gasteiger partial charge in [-0.1, -0.05) is 51.9 Å². The van der Waals surface area contributed by atoms with E-state index in [1.54, 1.807) is 25.7 Å². The molecule has 0 N–H and O–H groups in total. The highest BCUT2D eigenvalue weighted by Gasteiger charge is 2.26. The van der Waals surface area contributed by atoms with Crippen LogP contribution in [0.25, 0.3) is 0 Å². The molecule has 76 valence electrons. The Morgan fingerprint density at radius 2 is 1.15 bits per heavy atom. The van der Waals surface area contributed by atoms with Crippen LogP contribution >= 0.6 is 0 Å². The Balaban J connectivity index is 1.79. The minimum Gasteiger partial charge on any atom is -0.0625 e. The van der Waals surface area contributed by atoms with Crippen LogP contribution in [0.3, 0.4) is 0 Å². The van der Waals surface area contributed by atoms with Crippen molar-refractivity contribution in [2.45, 2.75) is 64.7 Å². The number of hydrogen-bond acceptors (Lipinski definition) is 0. The quantitative estimate of drug-likeness (QED) is 0.561. The normalized spacial score (nSPS) is 37.6. The van der Waals surface area contributed by atoms with Crippen LogP contribution in [0.15, 0.2) is 0 Å². The van der Waals surface area contributed by atoms with Crippen LogP contribution in [-0.2, 0) is 0 Å². The van der Waals surface area contributed by atoms with Crippen molar-refractivity contribution in [1.29, 1.82) is 0 Å². The maximum absolute atomic E-state index is 2.43. The molecule has 0 heterocycles. The van der Waals surface area contributed by atoms with Gasteiger partial charge in [-0.3, -0.25) is 0 Å². The first-order valence-electron chi connectivity index (χ1n) is 6.36. The van der Waals surface area contributed by atoms with Gasteiger partial charge in [0, 0.05) is 0 Å². The Kier molecular flexibility index (Phi) is 3.29. The van der Waals surface area contributed by atoms with E-state index in [9.17, 15) is 0 Å². The third kappa shape index (κ3) is 2.48. The topological polar surface area (TPSA) is 0 Å². The van der Waals surface area contributed by atoms with Crippen LogP contribution in [0.1, 0.15) is 64.7 Å². The van der Waals surface area contributed by atoms with Crippen LogP contribution in [0.5, 0.6) is 0 Å². The molecule has 2 fully saturated rings. The summed E-state index contributed by atoms with van der Waals surface area (Å²) in [5.74, 6) is 3.28. The summed E-state index contributed by atoms with van der Waals surface area (Å²) < 4.78 is 0. The van der Waals surface area contributed by atoms with Gasteiger partial charge in [0.2, 0.25) is 0 Å². The molecule has 2 rings (SSSR count). The Hall–Kier alpha value is 0. The second-order valence-corrected chi connectivity index (χ2v) is 5.42. The van der Waals surface area contributed by atoms with Gasteiger partial charge in [-0.2, -0.15) is 0 Å². The summed E-state index contributed by atoms with van der Waals surface area (Å²) in [6.07, 6.45) is 13.8. The Bertz CT molecular complexity index is 136. The minimum absolute atomic E-state index is 1.03. The molecule has 0 atom stereocenters. The number of rotatable bonds is 1. The lowest BCUT2D eigenvalue weighted by Crippen LogP contribution is -2.22. The maximum Gasteiger partial charge on any atom is -0.0386 e. The zero-order valence-corrected chi connectivity index (χ0v) is 9.10. The van der Waals surface area contributed by atoms with Crippen LogP contribution in [0.4, 0.5) is 0 Å².